The zero-order chi connectivity index (χ0) is 20.6. The Morgan fingerprint density at radius 1 is 1.07 bits per heavy atom. The first-order valence-electron chi connectivity index (χ1n) is 8.72. The van der Waals surface area contributed by atoms with Crippen molar-refractivity contribution in [1.29, 1.82) is 0 Å². The molecule has 0 radical (unpaired) electrons. The van der Waals surface area contributed by atoms with Crippen LogP contribution in [0.2, 0.25) is 0 Å². The first kappa shape index (κ1) is 22.0. The van der Waals surface area contributed by atoms with Crippen molar-refractivity contribution in [1.82, 2.24) is 4.83 Å². The summed E-state index contributed by atoms with van der Waals surface area (Å²) in [6, 6.07) is 14.2. The second-order valence-electron chi connectivity index (χ2n) is 6.12. The molecule has 1 N–H and O–H groups in total. The molecule has 6 nitrogen and oxygen atoms in total. The third-order valence-corrected chi connectivity index (χ3v) is 6.05. The maximum atomic E-state index is 12.5. The monoisotopic (exact) mass is 420 g/mol. The van der Waals surface area contributed by atoms with E-state index >= 15 is 0 Å². The first-order valence-corrected chi connectivity index (χ1v) is 11.4. The minimum absolute atomic E-state index is 0.147. The molecule has 0 aromatic heterocycles. The van der Waals surface area contributed by atoms with E-state index in [0.29, 0.717) is 18.6 Å². The van der Waals surface area contributed by atoms with Crippen LogP contribution in [0.25, 0.3) is 0 Å². The SMILES string of the molecule is COC(=O)CCC/C(=N/NS(=O)(=O)c1ccc(C)cc1)c1ccc(SC)cc1. The van der Waals surface area contributed by atoms with E-state index in [1.807, 2.05) is 37.4 Å². The molecule has 0 fully saturated rings. The van der Waals surface area contributed by atoms with Crippen LogP contribution in [0.3, 0.4) is 0 Å². The van der Waals surface area contributed by atoms with Crippen molar-refractivity contribution >= 4 is 33.5 Å². The van der Waals surface area contributed by atoms with E-state index in [1.54, 1.807) is 23.9 Å². The summed E-state index contributed by atoms with van der Waals surface area (Å²) in [5.74, 6) is -0.308. The molecular weight excluding hydrogens is 396 g/mol. The quantitative estimate of drug-likeness (QED) is 0.289. The number of benzene rings is 2. The largest absolute Gasteiger partial charge is 0.469 e. The Labute approximate surface area is 170 Å². The summed E-state index contributed by atoms with van der Waals surface area (Å²) in [6.07, 6.45) is 3.16. The van der Waals surface area contributed by atoms with Gasteiger partial charge in [-0.25, -0.2) is 0 Å². The Kier molecular flexibility index (Phi) is 8.07. The van der Waals surface area contributed by atoms with Gasteiger partial charge in [0, 0.05) is 11.3 Å². The molecule has 0 aliphatic carbocycles. The molecule has 0 unspecified atom stereocenters. The van der Waals surface area contributed by atoms with E-state index in [-0.39, 0.29) is 17.3 Å². The molecule has 0 atom stereocenters. The minimum atomic E-state index is -3.77. The van der Waals surface area contributed by atoms with Gasteiger partial charge in [0.1, 0.15) is 0 Å². The van der Waals surface area contributed by atoms with Crippen molar-refractivity contribution in [3.8, 4) is 0 Å². The second kappa shape index (κ2) is 10.3. The number of hydrazone groups is 1. The van der Waals surface area contributed by atoms with Crippen LogP contribution in [0.1, 0.15) is 30.4 Å². The first-order chi connectivity index (χ1) is 13.4. The normalized spacial score (nSPS) is 11.9. The smallest absolute Gasteiger partial charge is 0.305 e. The lowest BCUT2D eigenvalue weighted by molar-refractivity contribution is -0.140. The Hall–Kier alpha value is -2.32. The zero-order valence-electron chi connectivity index (χ0n) is 16.1. The molecule has 2 aromatic rings. The lowest BCUT2D eigenvalue weighted by Crippen LogP contribution is -2.21. The predicted molar refractivity (Wildman–Crippen MR) is 112 cm³/mol. The van der Waals surface area contributed by atoms with Crippen LogP contribution < -0.4 is 4.83 Å². The van der Waals surface area contributed by atoms with Gasteiger partial charge in [-0.1, -0.05) is 29.8 Å². The van der Waals surface area contributed by atoms with E-state index in [4.69, 9.17) is 0 Å². The molecule has 0 saturated carbocycles. The average molecular weight is 421 g/mol. The highest BCUT2D eigenvalue weighted by atomic mass is 32.2. The molecule has 0 spiro atoms. The number of esters is 1. The van der Waals surface area contributed by atoms with Crippen molar-refractivity contribution in [2.45, 2.75) is 36.0 Å². The number of methoxy groups -OCH3 is 1. The molecule has 0 saturated heterocycles. The molecule has 28 heavy (non-hydrogen) atoms. The molecule has 0 heterocycles. The Bertz CT molecular complexity index is 922. The third kappa shape index (κ3) is 6.38. The molecule has 0 aliphatic heterocycles. The maximum absolute atomic E-state index is 12.5. The van der Waals surface area contributed by atoms with Crippen molar-refractivity contribution in [3.63, 3.8) is 0 Å². The van der Waals surface area contributed by atoms with E-state index in [2.05, 4.69) is 14.7 Å². The van der Waals surface area contributed by atoms with Crippen LogP contribution in [-0.2, 0) is 19.6 Å². The van der Waals surface area contributed by atoms with Crippen LogP contribution in [0.15, 0.2) is 63.4 Å². The fourth-order valence-electron chi connectivity index (χ4n) is 2.44. The minimum Gasteiger partial charge on any atom is -0.469 e. The lowest BCUT2D eigenvalue weighted by atomic mass is 10.0. The number of rotatable bonds is 9. The van der Waals surface area contributed by atoms with Gasteiger partial charge in [-0.2, -0.15) is 18.4 Å². The third-order valence-electron chi connectivity index (χ3n) is 4.08. The van der Waals surface area contributed by atoms with Crippen LogP contribution in [0, 0.1) is 6.92 Å². The van der Waals surface area contributed by atoms with Gasteiger partial charge in [0.05, 0.1) is 17.7 Å². The zero-order valence-corrected chi connectivity index (χ0v) is 17.8. The summed E-state index contributed by atoms with van der Waals surface area (Å²) in [7, 11) is -2.43. The summed E-state index contributed by atoms with van der Waals surface area (Å²) < 4.78 is 29.7. The van der Waals surface area contributed by atoms with Gasteiger partial charge in [-0.05, 0) is 55.9 Å². The highest BCUT2D eigenvalue weighted by molar-refractivity contribution is 7.98. The Morgan fingerprint density at radius 2 is 1.71 bits per heavy atom. The number of ether oxygens (including phenoxy) is 1. The number of nitrogens with zero attached hydrogens (tertiary/aromatic N) is 1. The predicted octanol–water partition coefficient (Wildman–Crippen LogP) is 3.74. The van der Waals surface area contributed by atoms with E-state index in [0.717, 1.165) is 16.0 Å². The number of hydrogen-bond acceptors (Lipinski definition) is 6. The summed E-state index contributed by atoms with van der Waals surface area (Å²) in [5, 5.41) is 4.16. The molecule has 2 aromatic carbocycles. The second-order valence-corrected chi connectivity index (χ2v) is 8.66. The number of aryl methyl sites for hydroxylation is 1. The van der Waals surface area contributed by atoms with Gasteiger partial charge in [0.15, 0.2) is 0 Å². The topological polar surface area (TPSA) is 84.8 Å². The maximum Gasteiger partial charge on any atom is 0.305 e. The summed E-state index contributed by atoms with van der Waals surface area (Å²) in [5.41, 5.74) is 2.33. The van der Waals surface area contributed by atoms with Crippen LogP contribution >= 0.6 is 11.8 Å². The summed E-state index contributed by atoms with van der Waals surface area (Å²) in [6.45, 7) is 1.89. The molecule has 0 amide bonds. The highest BCUT2D eigenvalue weighted by Gasteiger charge is 2.14. The van der Waals surface area contributed by atoms with Crippen molar-refractivity contribution in [3.05, 3.63) is 59.7 Å². The van der Waals surface area contributed by atoms with Gasteiger partial charge >= 0.3 is 5.97 Å². The highest BCUT2D eigenvalue weighted by Crippen LogP contribution is 2.17. The van der Waals surface area contributed by atoms with Crippen LogP contribution in [0.5, 0.6) is 0 Å². The summed E-state index contributed by atoms with van der Waals surface area (Å²) >= 11 is 1.62. The van der Waals surface area contributed by atoms with Crippen molar-refractivity contribution < 1.29 is 17.9 Å². The molecule has 8 heteroatoms. The number of carbonyl (C=O) groups excluding carboxylic acids is 1. The molecule has 2 rings (SSSR count). The van der Waals surface area contributed by atoms with Gasteiger partial charge < -0.3 is 4.74 Å². The van der Waals surface area contributed by atoms with E-state index in [1.165, 1.54) is 19.2 Å². The number of thioether (sulfide) groups is 1. The molecule has 150 valence electrons. The van der Waals surface area contributed by atoms with Crippen molar-refractivity contribution in [2.24, 2.45) is 5.10 Å². The Morgan fingerprint density at radius 3 is 2.29 bits per heavy atom. The van der Waals surface area contributed by atoms with Crippen LogP contribution in [0.4, 0.5) is 0 Å². The lowest BCUT2D eigenvalue weighted by Gasteiger charge is -2.10. The number of nitrogens with one attached hydrogen (secondary N) is 1. The van der Waals surface area contributed by atoms with Gasteiger partial charge in [-0.15, -0.1) is 11.8 Å². The van der Waals surface area contributed by atoms with E-state index in [9.17, 15) is 13.2 Å². The fraction of sp³-hybridized carbons (Fsp3) is 0.300. The van der Waals surface area contributed by atoms with E-state index < -0.39 is 10.0 Å². The molecule has 0 bridgehead atoms. The number of carbonyl (C=O) groups is 1. The number of sulfonamides is 1. The van der Waals surface area contributed by atoms with Gasteiger partial charge in [-0.3, -0.25) is 4.79 Å². The average Bonchev–Trinajstić information content (AvgIpc) is 2.70. The molecular formula is C20H24N2O4S2. The van der Waals surface area contributed by atoms with Gasteiger partial charge in [0.2, 0.25) is 0 Å². The standard InChI is InChI=1S/C20H24N2O4S2/c1-15-7-13-18(14-8-15)28(24,25)22-21-19(5-4-6-20(23)26-2)16-9-11-17(27-3)12-10-16/h7-14,22H,4-6H2,1-3H3/b21-19-. The molecule has 0 aliphatic rings. The summed E-state index contributed by atoms with van der Waals surface area (Å²) in [4.78, 5) is 14.9. The fourth-order valence-corrected chi connectivity index (χ4v) is 3.67. The van der Waals surface area contributed by atoms with Gasteiger partial charge in [0.25, 0.3) is 10.0 Å². The van der Waals surface area contributed by atoms with Crippen molar-refractivity contribution in [2.75, 3.05) is 13.4 Å². The van der Waals surface area contributed by atoms with Crippen LogP contribution in [-0.4, -0.2) is 33.5 Å². The Balaban J connectivity index is 2.23. The number of hydrogen-bond donors (Lipinski definition) is 1.